The summed E-state index contributed by atoms with van der Waals surface area (Å²) in [6.45, 7) is 1.98. The van der Waals surface area contributed by atoms with Crippen LogP contribution in [0.2, 0.25) is 5.02 Å². The summed E-state index contributed by atoms with van der Waals surface area (Å²) in [5.74, 6) is -0.664. The minimum Gasteiger partial charge on any atom is -0.492 e. The van der Waals surface area contributed by atoms with E-state index in [0.29, 0.717) is 22.9 Å². The molecule has 150 valence electrons. The molecule has 2 aromatic carbocycles. The van der Waals surface area contributed by atoms with Crippen molar-refractivity contribution in [1.82, 2.24) is 0 Å². The lowest BCUT2D eigenvalue weighted by Crippen LogP contribution is -2.37. The summed E-state index contributed by atoms with van der Waals surface area (Å²) in [6.07, 6.45) is 0.626. The van der Waals surface area contributed by atoms with Gasteiger partial charge in [0.1, 0.15) is 12.4 Å². The van der Waals surface area contributed by atoms with Gasteiger partial charge in [-0.25, -0.2) is 0 Å². The molecule has 3 rings (SSSR count). The van der Waals surface area contributed by atoms with E-state index in [-0.39, 0.29) is 25.5 Å². The van der Waals surface area contributed by atoms with Crippen LogP contribution in [0.5, 0.6) is 5.75 Å². The average Bonchev–Trinajstić information content (AvgIpc) is 2.72. The molecule has 0 radical (unpaired) electrons. The zero-order valence-corrected chi connectivity index (χ0v) is 16.8. The van der Waals surface area contributed by atoms with E-state index in [0.717, 1.165) is 11.1 Å². The van der Waals surface area contributed by atoms with Crippen molar-refractivity contribution < 1.29 is 19.1 Å². The number of ether oxygens (including phenoxy) is 2. The van der Waals surface area contributed by atoms with Crippen LogP contribution in [0.4, 0.5) is 5.69 Å². The largest absolute Gasteiger partial charge is 0.492 e. The van der Waals surface area contributed by atoms with Crippen molar-refractivity contribution in [2.45, 2.75) is 19.8 Å². The fourth-order valence-corrected chi connectivity index (χ4v) is 3.32. The molecule has 1 heterocycles. The Kier molecular flexibility index (Phi) is 6.73. The molecule has 0 saturated carbocycles. The van der Waals surface area contributed by atoms with Crippen LogP contribution in [0.1, 0.15) is 17.5 Å². The summed E-state index contributed by atoms with van der Waals surface area (Å²) in [5.41, 5.74) is 2.56. The number of carbonyl (C=O) groups is 2. The molecule has 0 aliphatic carbocycles. The molecule has 2 aromatic rings. The molecule has 0 aromatic heterocycles. The van der Waals surface area contributed by atoms with Gasteiger partial charge in [0.25, 0.3) is 5.91 Å². The van der Waals surface area contributed by atoms with Gasteiger partial charge in [0.2, 0.25) is 0 Å². The summed E-state index contributed by atoms with van der Waals surface area (Å²) in [5, 5.41) is 9.45. The van der Waals surface area contributed by atoms with Gasteiger partial charge in [-0.05, 0) is 49.2 Å². The van der Waals surface area contributed by atoms with Crippen molar-refractivity contribution in [1.29, 1.82) is 5.26 Å². The number of hydrogen-bond donors (Lipinski definition) is 0. The highest BCUT2D eigenvalue weighted by molar-refractivity contribution is 6.30. The van der Waals surface area contributed by atoms with Crippen molar-refractivity contribution in [3.63, 3.8) is 0 Å². The minimum absolute atomic E-state index is 0.182. The van der Waals surface area contributed by atoms with Crippen LogP contribution >= 0.6 is 11.6 Å². The minimum atomic E-state index is -0.499. The van der Waals surface area contributed by atoms with Crippen LogP contribution in [0.3, 0.4) is 0 Å². The molecule has 0 N–H and O–H groups in total. The van der Waals surface area contributed by atoms with Gasteiger partial charge in [-0.1, -0.05) is 29.3 Å². The topological polar surface area (TPSA) is 79.6 Å². The highest BCUT2D eigenvalue weighted by Crippen LogP contribution is 2.30. The second-order valence-corrected chi connectivity index (χ2v) is 7.30. The number of esters is 1. The number of aryl methyl sites for hydroxylation is 1. The SMILES string of the molecule is Cc1ccc(N(CCC#N)C(=O)COC(=O)[C@@H]2COc3ccc(Cl)cc3C2)cc1. The number of anilines is 1. The van der Waals surface area contributed by atoms with Gasteiger partial charge in [0, 0.05) is 17.3 Å². The van der Waals surface area contributed by atoms with Gasteiger partial charge in [-0.2, -0.15) is 5.26 Å². The maximum Gasteiger partial charge on any atom is 0.313 e. The zero-order chi connectivity index (χ0) is 20.8. The Morgan fingerprint density at radius 3 is 2.76 bits per heavy atom. The monoisotopic (exact) mass is 412 g/mol. The third kappa shape index (κ3) is 5.27. The summed E-state index contributed by atoms with van der Waals surface area (Å²) in [7, 11) is 0. The van der Waals surface area contributed by atoms with Crippen LogP contribution in [0.15, 0.2) is 42.5 Å². The Labute approximate surface area is 174 Å². The molecule has 7 heteroatoms. The van der Waals surface area contributed by atoms with Gasteiger partial charge >= 0.3 is 5.97 Å². The van der Waals surface area contributed by atoms with E-state index in [1.165, 1.54) is 4.90 Å². The maximum atomic E-state index is 12.7. The van der Waals surface area contributed by atoms with E-state index in [2.05, 4.69) is 0 Å². The molecule has 1 aliphatic heterocycles. The standard InChI is InChI=1S/C22H21ClN2O4/c1-15-3-6-19(7-4-15)25(10-2-9-24)21(26)14-29-22(27)17-11-16-12-18(23)5-8-20(16)28-13-17/h3-8,12,17H,2,10-11,13-14H2,1H3/t17-/m0/s1. The number of benzene rings is 2. The van der Waals surface area contributed by atoms with Gasteiger partial charge in [-0.15, -0.1) is 0 Å². The average molecular weight is 413 g/mol. The summed E-state index contributed by atoms with van der Waals surface area (Å²) in [6, 6.07) is 14.7. The number of nitriles is 1. The number of hydrogen-bond acceptors (Lipinski definition) is 5. The number of amides is 1. The lowest BCUT2D eigenvalue weighted by molar-refractivity contribution is -0.153. The molecule has 1 aliphatic rings. The smallest absolute Gasteiger partial charge is 0.313 e. The summed E-state index contributed by atoms with van der Waals surface area (Å²) in [4.78, 5) is 26.6. The summed E-state index contributed by atoms with van der Waals surface area (Å²) >= 11 is 6.01. The van der Waals surface area contributed by atoms with Crippen molar-refractivity contribution in [3.05, 3.63) is 58.6 Å². The van der Waals surface area contributed by atoms with E-state index in [4.69, 9.17) is 26.3 Å². The highest BCUT2D eigenvalue weighted by Gasteiger charge is 2.28. The molecule has 1 amide bonds. The highest BCUT2D eigenvalue weighted by atomic mass is 35.5. The molecule has 0 spiro atoms. The Hall–Kier alpha value is -3.04. The van der Waals surface area contributed by atoms with Crippen LogP contribution in [0.25, 0.3) is 0 Å². The number of halogens is 1. The third-order valence-electron chi connectivity index (χ3n) is 4.69. The van der Waals surface area contributed by atoms with Gasteiger partial charge in [0.05, 0.1) is 18.4 Å². The normalized spacial score (nSPS) is 14.9. The number of rotatable bonds is 6. The zero-order valence-electron chi connectivity index (χ0n) is 16.1. The summed E-state index contributed by atoms with van der Waals surface area (Å²) < 4.78 is 10.9. The van der Waals surface area contributed by atoms with Crippen molar-refractivity contribution in [2.75, 3.05) is 24.7 Å². The molecule has 0 bridgehead atoms. The molecule has 0 fully saturated rings. The lowest BCUT2D eigenvalue weighted by atomic mass is 9.97. The third-order valence-corrected chi connectivity index (χ3v) is 4.93. The van der Waals surface area contributed by atoms with Crippen LogP contribution in [0, 0.1) is 24.2 Å². The number of nitrogens with zero attached hydrogens (tertiary/aromatic N) is 2. The molecule has 6 nitrogen and oxygen atoms in total. The number of carbonyl (C=O) groups excluding carboxylic acids is 2. The molecule has 29 heavy (non-hydrogen) atoms. The predicted molar refractivity (Wildman–Crippen MR) is 109 cm³/mol. The first-order chi connectivity index (χ1) is 14.0. The first-order valence-electron chi connectivity index (χ1n) is 9.30. The van der Waals surface area contributed by atoms with E-state index in [1.807, 2.05) is 37.3 Å². The Bertz CT molecular complexity index is 937. The quantitative estimate of drug-likeness (QED) is 0.676. The number of fused-ring (bicyclic) bond motifs is 1. The first kappa shape index (κ1) is 20.7. The predicted octanol–water partition coefficient (Wildman–Crippen LogP) is 3.69. The molecular formula is C22H21ClN2O4. The fraction of sp³-hybridized carbons (Fsp3) is 0.318. The fourth-order valence-electron chi connectivity index (χ4n) is 3.13. The molecule has 1 atom stereocenters. The van der Waals surface area contributed by atoms with E-state index in [9.17, 15) is 9.59 Å². The molecule has 0 saturated heterocycles. The van der Waals surface area contributed by atoms with Crippen LogP contribution in [-0.4, -0.2) is 31.6 Å². The van der Waals surface area contributed by atoms with E-state index in [1.54, 1.807) is 18.2 Å². The maximum absolute atomic E-state index is 12.7. The van der Waals surface area contributed by atoms with Crippen LogP contribution < -0.4 is 9.64 Å². The van der Waals surface area contributed by atoms with Crippen LogP contribution in [-0.2, 0) is 20.7 Å². The van der Waals surface area contributed by atoms with Gasteiger partial charge in [0.15, 0.2) is 6.61 Å². The Balaban J connectivity index is 1.61. The van der Waals surface area contributed by atoms with Gasteiger partial charge in [-0.3, -0.25) is 9.59 Å². The van der Waals surface area contributed by atoms with Crippen molar-refractivity contribution >= 4 is 29.2 Å². The van der Waals surface area contributed by atoms with E-state index >= 15 is 0 Å². The second-order valence-electron chi connectivity index (χ2n) is 6.86. The molecular weight excluding hydrogens is 392 g/mol. The van der Waals surface area contributed by atoms with Crippen molar-refractivity contribution in [2.24, 2.45) is 5.92 Å². The van der Waals surface area contributed by atoms with E-state index < -0.39 is 18.5 Å². The Morgan fingerprint density at radius 2 is 2.03 bits per heavy atom. The lowest BCUT2D eigenvalue weighted by Gasteiger charge is -2.25. The molecule has 0 unspecified atom stereocenters. The second kappa shape index (κ2) is 9.44. The Morgan fingerprint density at radius 1 is 1.28 bits per heavy atom. The van der Waals surface area contributed by atoms with Crippen molar-refractivity contribution in [3.8, 4) is 11.8 Å². The first-order valence-corrected chi connectivity index (χ1v) is 9.67. The van der Waals surface area contributed by atoms with Gasteiger partial charge < -0.3 is 14.4 Å².